The predicted octanol–water partition coefficient (Wildman–Crippen LogP) is 7.88. The Bertz CT molecular complexity index is 711. The number of unbranched alkanes of at least 4 members (excludes halogenated alkanes) is 6. The summed E-state index contributed by atoms with van der Waals surface area (Å²) < 4.78 is 0. The summed E-state index contributed by atoms with van der Waals surface area (Å²) in [6.45, 7) is 6.75. The van der Waals surface area contributed by atoms with Crippen molar-refractivity contribution in [3.8, 4) is 0 Å². The molecule has 0 bridgehead atoms. The molecule has 0 fully saturated rings. The highest BCUT2D eigenvalue weighted by atomic mass is 16.1. The van der Waals surface area contributed by atoms with Crippen LogP contribution in [-0.2, 0) is 0 Å². The van der Waals surface area contributed by atoms with E-state index in [1.807, 2.05) is 12.1 Å². The van der Waals surface area contributed by atoms with E-state index in [0.717, 1.165) is 30.8 Å². The first-order chi connectivity index (χ1) is 14.3. The van der Waals surface area contributed by atoms with Crippen molar-refractivity contribution >= 4 is 23.3 Å². The summed E-state index contributed by atoms with van der Waals surface area (Å²) in [5, 5.41) is 8.59. The quantitative estimate of drug-likeness (QED) is 0.186. The van der Waals surface area contributed by atoms with Gasteiger partial charge in [0.05, 0.1) is 11.4 Å². The molecular formula is C25H35N3O. The summed E-state index contributed by atoms with van der Waals surface area (Å²) in [7, 11) is 0. The fourth-order valence-corrected chi connectivity index (χ4v) is 3.29. The zero-order valence-electron chi connectivity index (χ0n) is 18.0. The van der Waals surface area contributed by atoms with Crippen molar-refractivity contribution in [2.45, 2.75) is 65.2 Å². The molecule has 0 N–H and O–H groups in total. The van der Waals surface area contributed by atoms with Gasteiger partial charge in [-0.25, -0.2) is 0 Å². The van der Waals surface area contributed by atoms with E-state index in [1.54, 1.807) is 24.3 Å². The van der Waals surface area contributed by atoms with E-state index in [0.29, 0.717) is 5.56 Å². The Balaban J connectivity index is 1.97. The van der Waals surface area contributed by atoms with Gasteiger partial charge in [0.2, 0.25) is 0 Å². The predicted molar refractivity (Wildman–Crippen MR) is 123 cm³/mol. The van der Waals surface area contributed by atoms with Gasteiger partial charge in [-0.15, -0.1) is 0 Å². The largest absolute Gasteiger partial charge is 0.372 e. The van der Waals surface area contributed by atoms with Crippen molar-refractivity contribution in [2.24, 2.45) is 10.2 Å². The lowest BCUT2D eigenvalue weighted by molar-refractivity contribution is 0.112. The van der Waals surface area contributed by atoms with Gasteiger partial charge in [0, 0.05) is 24.3 Å². The van der Waals surface area contributed by atoms with Crippen LogP contribution in [0.2, 0.25) is 0 Å². The van der Waals surface area contributed by atoms with Gasteiger partial charge in [0.15, 0.2) is 0 Å². The van der Waals surface area contributed by atoms with Crippen LogP contribution in [0.3, 0.4) is 0 Å². The lowest BCUT2D eigenvalue weighted by Crippen LogP contribution is -2.25. The molecule has 0 aliphatic heterocycles. The van der Waals surface area contributed by atoms with Crippen molar-refractivity contribution in [3.05, 3.63) is 54.1 Å². The molecule has 0 radical (unpaired) electrons. The van der Waals surface area contributed by atoms with Gasteiger partial charge >= 0.3 is 0 Å². The molecule has 0 unspecified atom stereocenters. The number of aldehydes is 1. The van der Waals surface area contributed by atoms with Crippen LogP contribution in [-0.4, -0.2) is 19.4 Å². The van der Waals surface area contributed by atoms with Gasteiger partial charge in [0.25, 0.3) is 0 Å². The zero-order chi connectivity index (χ0) is 20.7. The molecule has 4 nitrogen and oxygen atoms in total. The Morgan fingerprint density at radius 2 is 1.17 bits per heavy atom. The number of carbonyl (C=O) groups excluding carboxylic acids is 1. The Kier molecular flexibility index (Phi) is 10.7. The summed E-state index contributed by atoms with van der Waals surface area (Å²) >= 11 is 0. The number of hydrogen-bond acceptors (Lipinski definition) is 4. The van der Waals surface area contributed by atoms with Crippen molar-refractivity contribution in [1.29, 1.82) is 0 Å². The summed E-state index contributed by atoms with van der Waals surface area (Å²) in [5.74, 6) is 0. The van der Waals surface area contributed by atoms with Crippen LogP contribution in [0.5, 0.6) is 0 Å². The lowest BCUT2D eigenvalue weighted by atomic mass is 10.1. The van der Waals surface area contributed by atoms with Crippen LogP contribution >= 0.6 is 0 Å². The van der Waals surface area contributed by atoms with E-state index in [9.17, 15) is 4.79 Å². The SMILES string of the molecule is CCCCCCN(CCCCCC)c1ccc(N=Nc2ccc(C=O)cc2)cc1. The van der Waals surface area contributed by atoms with Gasteiger partial charge in [-0.05, 0) is 61.4 Å². The van der Waals surface area contributed by atoms with Gasteiger partial charge in [-0.1, -0.05) is 52.4 Å². The highest BCUT2D eigenvalue weighted by molar-refractivity contribution is 5.75. The Hall–Kier alpha value is -2.49. The average Bonchev–Trinajstić information content (AvgIpc) is 2.77. The van der Waals surface area contributed by atoms with E-state index < -0.39 is 0 Å². The van der Waals surface area contributed by atoms with E-state index in [2.05, 4.69) is 41.1 Å². The number of rotatable bonds is 14. The third-order valence-electron chi connectivity index (χ3n) is 5.09. The number of carbonyl (C=O) groups is 1. The number of benzene rings is 2. The smallest absolute Gasteiger partial charge is 0.150 e. The van der Waals surface area contributed by atoms with Gasteiger partial charge < -0.3 is 4.90 Å². The maximum absolute atomic E-state index is 10.7. The minimum Gasteiger partial charge on any atom is -0.372 e. The summed E-state index contributed by atoms with van der Waals surface area (Å²) in [6, 6.07) is 15.5. The normalized spacial score (nSPS) is 11.1. The van der Waals surface area contributed by atoms with Gasteiger partial charge in [-0.2, -0.15) is 10.2 Å². The molecule has 4 heteroatoms. The molecule has 29 heavy (non-hydrogen) atoms. The summed E-state index contributed by atoms with van der Waals surface area (Å²) in [5.41, 5.74) is 3.50. The summed E-state index contributed by atoms with van der Waals surface area (Å²) in [4.78, 5) is 13.2. The van der Waals surface area contributed by atoms with E-state index in [-0.39, 0.29) is 0 Å². The topological polar surface area (TPSA) is 45.0 Å². The molecule has 0 amide bonds. The number of azo groups is 1. The van der Waals surface area contributed by atoms with Crippen molar-refractivity contribution in [3.63, 3.8) is 0 Å². The van der Waals surface area contributed by atoms with Crippen LogP contribution in [0.25, 0.3) is 0 Å². The maximum Gasteiger partial charge on any atom is 0.150 e. The molecule has 0 aliphatic rings. The van der Waals surface area contributed by atoms with E-state index >= 15 is 0 Å². The maximum atomic E-state index is 10.7. The van der Waals surface area contributed by atoms with Gasteiger partial charge in [0.1, 0.15) is 6.29 Å². The van der Waals surface area contributed by atoms with Gasteiger partial charge in [-0.3, -0.25) is 4.79 Å². The van der Waals surface area contributed by atoms with Crippen molar-refractivity contribution < 1.29 is 4.79 Å². The Morgan fingerprint density at radius 3 is 1.62 bits per heavy atom. The number of hydrogen-bond donors (Lipinski definition) is 0. The molecule has 2 aromatic carbocycles. The van der Waals surface area contributed by atoms with Crippen LogP contribution in [0, 0.1) is 0 Å². The second kappa shape index (κ2) is 13.6. The second-order valence-corrected chi connectivity index (χ2v) is 7.53. The molecule has 0 saturated carbocycles. The Morgan fingerprint density at radius 1 is 0.690 bits per heavy atom. The molecule has 0 heterocycles. The molecule has 0 aromatic heterocycles. The molecule has 2 aromatic rings. The fraction of sp³-hybridized carbons (Fsp3) is 0.480. The molecule has 0 saturated heterocycles. The van der Waals surface area contributed by atoms with Crippen molar-refractivity contribution in [1.82, 2.24) is 0 Å². The minimum absolute atomic E-state index is 0.645. The minimum atomic E-state index is 0.645. The summed E-state index contributed by atoms with van der Waals surface area (Å²) in [6.07, 6.45) is 11.1. The van der Waals surface area contributed by atoms with Crippen LogP contribution in [0.15, 0.2) is 58.8 Å². The van der Waals surface area contributed by atoms with E-state index in [4.69, 9.17) is 0 Å². The Labute approximate surface area is 176 Å². The van der Waals surface area contributed by atoms with Crippen LogP contribution in [0.4, 0.5) is 17.1 Å². The molecule has 2 rings (SSSR count). The standard InChI is InChI=1S/C25H35N3O/c1-3-5-7-9-19-28(20-10-8-6-4-2)25-17-15-24(16-18-25)27-26-23-13-11-22(21-29)12-14-23/h11-18,21H,3-10,19-20H2,1-2H3. The first-order valence-electron chi connectivity index (χ1n) is 11.1. The fourth-order valence-electron chi connectivity index (χ4n) is 3.29. The van der Waals surface area contributed by atoms with Crippen LogP contribution in [0.1, 0.15) is 75.6 Å². The first kappa shape index (κ1) is 22.8. The zero-order valence-corrected chi connectivity index (χ0v) is 18.0. The molecule has 0 aliphatic carbocycles. The molecular weight excluding hydrogens is 358 g/mol. The third kappa shape index (κ3) is 8.59. The molecule has 0 atom stereocenters. The van der Waals surface area contributed by atoms with Crippen LogP contribution < -0.4 is 4.90 Å². The number of nitrogens with zero attached hydrogens (tertiary/aromatic N) is 3. The third-order valence-corrected chi connectivity index (χ3v) is 5.09. The monoisotopic (exact) mass is 393 g/mol. The lowest BCUT2D eigenvalue weighted by Gasteiger charge is -2.25. The highest BCUT2D eigenvalue weighted by Crippen LogP contribution is 2.23. The molecule has 156 valence electrons. The second-order valence-electron chi connectivity index (χ2n) is 7.53. The highest BCUT2D eigenvalue weighted by Gasteiger charge is 2.06. The van der Waals surface area contributed by atoms with E-state index in [1.165, 1.54) is 57.1 Å². The average molecular weight is 394 g/mol. The first-order valence-corrected chi connectivity index (χ1v) is 11.1. The van der Waals surface area contributed by atoms with Crippen molar-refractivity contribution in [2.75, 3.05) is 18.0 Å². The number of anilines is 1. The molecule has 0 spiro atoms.